The van der Waals surface area contributed by atoms with E-state index >= 15 is 0 Å². The molecule has 0 aliphatic heterocycles. The molecular formula is C15H26N2O4S. The van der Waals surface area contributed by atoms with Gasteiger partial charge in [-0.25, -0.2) is 0 Å². The average Bonchev–Trinajstić information content (AvgIpc) is 2.34. The molecule has 0 aromatic heterocycles. The fourth-order valence-electron chi connectivity index (χ4n) is 6.10. The maximum absolute atomic E-state index is 12.0. The second-order valence-electron chi connectivity index (χ2n) is 8.16. The molecule has 3 atom stereocenters. The molecule has 0 aromatic rings. The van der Waals surface area contributed by atoms with E-state index in [1.165, 1.54) is 6.42 Å². The summed E-state index contributed by atoms with van der Waals surface area (Å²) >= 11 is 0. The van der Waals surface area contributed by atoms with E-state index in [0.29, 0.717) is 18.3 Å². The van der Waals surface area contributed by atoms with Crippen molar-refractivity contribution < 1.29 is 17.8 Å². The molecule has 4 aliphatic rings. The van der Waals surface area contributed by atoms with Crippen molar-refractivity contribution in [2.24, 2.45) is 40.1 Å². The lowest BCUT2D eigenvalue weighted by Gasteiger charge is -2.61. The van der Waals surface area contributed by atoms with E-state index in [-0.39, 0.29) is 35.0 Å². The van der Waals surface area contributed by atoms with Gasteiger partial charge in [0, 0.05) is 0 Å². The third-order valence-corrected chi connectivity index (χ3v) is 7.10. The molecule has 0 spiro atoms. The Labute approximate surface area is 131 Å². The highest BCUT2D eigenvalue weighted by molar-refractivity contribution is 7.85. The van der Waals surface area contributed by atoms with Gasteiger partial charge in [-0.2, -0.15) is 8.42 Å². The molecule has 5 N–H and O–H groups in total. The van der Waals surface area contributed by atoms with Crippen LogP contribution in [0.1, 0.15) is 44.9 Å². The van der Waals surface area contributed by atoms with E-state index in [1.807, 2.05) is 0 Å². The predicted molar refractivity (Wildman–Crippen MR) is 82.3 cm³/mol. The van der Waals surface area contributed by atoms with Gasteiger partial charge in [0.1, 0.15) is 0 Å². The molecule has 1 amide bonds. The van der Waals surface area contributed by atoms with Gasteiger partial charge in [0.2, 0.25) is 5.91 Å². The second-order valence-corrected chi connectivity index (χ2v) is 9.66. The minimum atomic E-state index is -4.02. The first kappa shape index (κ1) is 16.2. The predicted octanol–water partition coefficient (Wildman–Crippen LogP) is 0.911. The molecule has 3 unspecified atom stereocenters. The number of rotatable bonds is 6. The van der Waals surface area contributed by atoms with Crippen LogP contribution in [-0.4, -0.2) is 31.2 Å². The minimum Gasteiger partial charge on any atom is -0.369 e. The minimum absolute atomic E-state index is 0.0200. The fourth-order valence-corrected chi connectivity index (χ4v) is 6.95. The van der Waals surface area contributed by atoms with Crippen LogP contribution in [0.25, 0.3) is 0 Å². The molecule has 4 fully saturated rings. The summed E-state index contributed by atoms with van der Waals surface area (Å²) in [6.07, 6.45) is 6.48. The molecule has 4 aliphatic carbocycles. The van der Waals surface area contributed by atoms with Crippen LogP contribution in [-0.2, 0) is 14.9 Å². The Morgan fingerprint density at radius 3 is 2.27 bits per heavy atom. The van der Waals surface area contributed by atoms with Gasteiger partial charge in [0.25, 0.3) is 10.1 Å². The zero-order valence-electron chi connectivity index (χ0n) is 12.8. The largest absolute Gasteiger partial charge is 0.369 e. The van der Waals surface area contributed by atoms with Gasteiger partial charge in [0.15, 0.2) is 0 Å². The monoisotopic (exact) mass is 330 g/mol. The first-order valence-corrected chi connectivity index (χ1v) is 9.71. The molecule has 22 heavy (non-hydrogen) atoms. The van der Waals surface area contributed by atoms with E-state index < -0.39 is 10.1 Å². The van der Waals surface area contributed by atoms with Crippen molar-refractivity contribution in [3.05, 3.63) is 0 Å². The standard InChI is InChI=1S/C15H26N2O4S/c16-7-12(8-22(19,20)21)4-14-2-10-1-11(3-14)6-15(5-10,9-14)13(17)18/h10-12H,1-9,16H2,(H2,17,18)(H,19,20,21). The zero-order chi connectivity index (χ0) is 16.2. The summed E-state index contributed by atoms with van der Waals surface area (Å²) in [6.45, 7) is 0.237. The maximum atomic E-state index is 12.0. The van der Waals surface area contributed by atoms with Crippen LogP contribution in [0.2, 0.25) is 0 Å². The number of hydrogen-bond acceptors (Lipinski definition) is 4. The summed E-state index contributed by atoms with van der Waals surface area (Å²) in [5.41, 5.74) is 11.0. The highest BCUT2D eigenvalue weighted by atomic mass is 32.2. The van der Waals surface area contributed by atoms with Crippen LogP contribution in [0.3, 0.4) is 0 Å². The molecular weight excluding hydrogens is 304 g/mol. The Morgan fingerprint density at radius 1 is 1.23 bits per heavy atom. The van der Waals surface area contributed by atoms with Crippen molar-refractivity contribution in [2.45, 2.75) is 44.9 Å². The Morgan fingerprint density at radius 2 is 1.82 bits per heavy atom. The van der Waals surface area contributed by atoms with Crippen molar-refractivity contribution in [1.82, 2.24) is 0 Å². The number of hydrogen-bond donors (Lipinski definition) is 3. The summed E-state index contributed by atoms with van der Waals surface area (Å²) in [4.78, 5) is 12.0. The van der Waals surface area contributed by atoms with Crippen LogP contribution in [0.5, 0.6) is 0 Å². The Kier molecular flexibility index (Phi) is 3.81. The number of primary amides is 1. The molecule has 0 aromatic carbocycles. The van der Waals surface area contributed by atoms with E-state index in [0.717, 1.165) is 32.1 Å². The van der Waals surface area contributed by atoms with Crippen LogP contribution < -0.4 is 11.5 Å². The number of amides is 1. The summed E-state index contributed by atoms with van der Waals surface area (Å²) in [5, 5.41) is 0. The molecule has 0 saturated heterocycles. The van der Waals surface area contributed by atoms with Gasteiger partial charge in [-0.15, -0.1) is 0 Å². The lowest BCUT2D eigenvalue weighted by atomic mass is 9.43. The van der Waals surface area contributed by atoms with E-state index in [1.54, 1.807) is 0 Å². The lowest BCUT2D eigenvalue weighted by molar-refractivity contribution is -0.156. The number of carbonyl (C=O) groups excluding carboxylic acids is 1. The summed E-state index contributed by atoms with van der Waals surface area (Å²) in [7, 11) is -4.02. The molecule has 126 valence electrons. The number of nitrogens with two attached hydrogens (primary N) is 2. The fraction of sp³-hybridized carbons (Fsp3) is 0.933. The van der Waals surface area contributed by atoms with Gasteiger partial charge in [-0.1, -0.05) is 0 Å². The number of carbonyl (C=O) groups is 1. The molecule has 0 heterocycles. The Balaban J connectivity index is 1.82. The Hall–Kier alpha value is -0.660. The van der Waals surface area contributed by atoms with E-state index in [4.69, 9.17) is 16.0 Å². The van der Waals surface area contributed by atoms with Crippen molar-refractivity contribution in [3.63, 3.8) is 0 Å². The highest BCUT2D eigenvalue weighted by Gasteiger charge is 2.60. The van der Waals surface area contributed by atoms with Crippen molar-refractivity contribution in [1.29, 1.82) is 0 Å². The van der Waals surface area contributed by atoms with Gasteiger partial charge in [-0.05, 0) is 74.7 Å². The van der Waals surface area contributed by atoms with E-state index in [9.17, 15) is 13.2 Å². The molecule has 4 rings (SSSR count). The SMILES string of the molecule is NCC(CC12CC3CC(C1)CC(C(N)=O)(C3)C2)CS(=O)(=O)O. The second kappa shape index (κ2) is 5.18. The van der Waals surface area contributed by atoms with Gasteiger partial charge in [-0.3, -0.25) is 9.35 Å². The quantitative estimate of drug-likeness (QED) is 0.625. The lowest BCUT2D eigenvalue weighted by Crippen LogP contribution is -2.57. The summed E-state index contributed by atoms with van der Waals surface area (Å²) in [5.74, 6) is 0.321. The first-order valence-electron chi connectivity index (χ1n) is 8.10. The third-order valence-electron chi connectivity index (χ3n) is 6.21. The molecule has 4 bridgehead atoms. The van der Waals surface area contributed by atoms with Gasteiger partial charge < -0.3 is 11.5 Å². The van der Waals surface area contributed by atoms with Gasteiger partial charge in [0.05, 0.1) is 11.2 Å². The smallest absolute Gasteiger partial charge is 0.265 e. The highest BCUT2D eigenvalue weighted by Crippen LogP contribution is 2.66. The molecule has 7 heteroatoms. The molecule has 6 nitrogen and oxygen atoms in total. The van der Waals surface area contributed by atoms with Crippen molar-refractivity contribution >= 4 is 16.0 Å². The van der Waals surface area contributed by atoms with Crippen molar-refractivity contribution in [3.8, 4) is 0 Å². The molecule has 0 radical (unpaired) electrons. The topological polar surface area (TPSA) is 123 Å². The van der Waals surface area contributed by atoms with Crippen LogP contribution in [0, 0.1) is 28.6 Å². The average molecular weight is 330 g/mol. The first-order chi connectivity index (χ1) is 10.2. The normalized spacial score (nSPS) is 41.5. The van der Waals surface area contributed by atoms with Gasteiger partial charge >= 0.3 is 0 Å². The molecule has 4 saturated carbocycles. The maximum Gasteiger partial charge on any atom is 0.265 e. The van der Waals surface area contributed by atoms with Crippen LogP contribution >= 0.6 is 0 Å². The summed E-state index contributed by atoms with van der Waals surface area (Å²) in [6, 6.07) is 0. The third kappa shape index (κ3) is 2.90. The van der Waals surface area contributed by atoms with E-state index in [2.05, 4.69) is 0 Å². The summed E-state index contributed by atoms with van der Waals surface area (Å²) < 4.78 is 31.5. The Bertz CT molecular complexity index is 560. The van der Waals surface area contributed by atoms with Crippen LogP contribution in [0.15, 0.2) is 0 Å². The van der Waals surface area contributed by atoms with Crippen LogP contribution in [0.4, 0.5) is 0 Å². The van der Waals surface area contributed by atoms with Crippen molar-refractivity contribution in [2.75, 3.05) is 12.3 Å². The zero-order valence-corrected chi connectivity index (χ0v) is 13.6.